The van der Waals surface area contributed by atoms with E-state index in [0.717, 1.165) is 29.7 Å². The molecule has 0 aliphatic carbocycles. The van der Waals surface area contributed by atoms with Crippen molar-refractivity contribution in [1.29, 1.82) is 0 Å². The molecule has 2 amide bonds. The van der Waals surface area contributed by atoms with E-state index in [1.165, 1.54) is 19.3 Å². The van der Waals surface area contributed by atoms with Crippen LogP contribution in [0.2, 0.25) is 0 Å². The summed E-state index contributed by atoms with van der Waals surface area (Å²) in [6.07, 6.45) is 6.77. The molecule has 6 heteroatoms. The quantitative estimate of drug-likeness (QED) is 0.270. The Morgan fingerprint density at radius 2 is 1.64 bits per heavy atom. The number of unbranched alkanes of at least 4 members (excludes halogenated alkanes) is 4. The van der Waals surface area contributed by atoms with E-state index < -0.39 is 0 Å². The Balaban J connectivity index is 2.02. The lowest BCUT2D eigenvalue weighted by atomic mass is 10.1. The van der Waals surface area contributed by atoms with Gasteiger partial charge in [-0.1, -0.05) is 69.0 Å². The summed E-state index contributed by atoms with van der Waals surface area (Å²) in [6.45, 7) is 7.20. The molecule has 1 aromatic heterocycles. The fourth-order valence-electron chi connectivity index (χ4n) is 3.72. The molecule has 0 fully saturated rings. The molecule has 0 saturated heterocycles. The number of amides is 2. The van der Waals surface area contributed by atoms with Gasteiger partial charge in [0.2, 0.25) is 11.8 Å². The zero-order valence-electron chi connectivity index (χ0n) is 20.3. The van der Waals surface area contributed by atoms with E-state index in [4.69, 9.17) is 4.74 Å². The van der Waals surface area contributed by atoms with E-state index in [9.17, 15) is 9.59 Å². The molecule has 0 unspecified atom stereocenters. The summed E-state index contributed by atoms with van der Waals surface area (Å²) in [5.41, 5.74) is 1.09. The summed E-state index contributed by atoms with van der Waals surface area (Å²) in [4.78, 5) is 31.1. The van der Waals surface area contributed by atoms with Crippen molar-refractivity contribution in [3.8, 4) is 0 Å². The highest BCUT2D eigenvalue weighted by Crippen LogP contribution is 2.16. The minimum absolute atomic E-state index is 0.0111. The Bertz CT molecular complexity index is 780. The summed E-state index contributed by atoms with van der Waals surface area (Å²) in [5, 5.41) is 2.03. The van der Waals surface area contributed by atoms with Crippen LogP contribution in [0, 0.1) is 0 Å². The number of ether oxygens (including phenoxy) is 1. The average molecular weight is 473 g/mol. The normalized spacial score (nSPS) is 10.8. The second-order valence-corrected chi connectivity index (χ2v) is 9.38. The predicted octanol–water partition coefficient (Wildman–Crippen LogP) is 5.89. The van der Waals surface area contributed by atoms with Crippen molar-refractivity contribution >= 4 is 23.2 Å². The van der Waals surface area contributed by atoms with Gasteiger partial charge in [0.25, 0.3) is 0 Å². The molecule has 0 radical (unpaired) electrons. The molecule has 2 aromatic rings. The van der Waals surface area contributed by atoms with Gasteiger partial charge in [0.1, 0.15) is 0 Å². The number of carbonyl (C=O) groups is 2. The van der Waals surface area contributed by atoms with Gasteiger partial charge in [0, 0.05) is 37.6 Å². The molecule has 0 N–H and O–H groups in total. The van der Waals surface area contributed by atoms with E-state index in [0.29, 0.717) is 39.3 Å². The lowest BCUT2D eigenvalue weighted by molar-refractivity contribution is -0.141. The molecule has 0 aliphatic heterocycles. The van der Waals surface area contributed by atoms with Gasteiger partial charge in [-0.2, -0.15) is 0 Å². The molecule has 182 valence electrons. The molecule has 33 heavy (non-hydrogen) atoms. The van der Waals surface area contributed by atoms with Crippen LogP contribution >= 0.6 is 11.3 Å². The molecule has 0 atom stereocenters. The van der Waals surface area contributed by atoms with Gasteiger partial charge < -0.3 is 14.5 Å². The molecule has 0 bridgehead atoms. The fraction of sp³-hybridized carbons (Fsp3) is 0.556. The maximum absolute atomic E-state index is 13.4. The number of nitrogens with zero attached hydrogens (tertiary/aromatic N) is 2. The Labute approximate surface area is 203 Å². The third kappa shape index (κ3) is 11.0. The van der Waals surface area contributed by atoms with E-state index in [-0.39, 0.29) is 18.4 Å². The third-order valence-electron chi connectivity index (χ3n) is 5.59. The first-order valence-electron chi connectivity index (χ1n) is 12.3. The molecule has 1 aromatic carbocycles. The Kier molecular flexibility index (Phi) is 13.5. The summed E-state index contributed by atoms with van der Waals surface area (Å²) >= 11 is 1.65. The van der Waals surface area contributed by atoms with E-state index in [1.54, 1.807) is 16.2 Å². The minimum Gasteiger partial charge on any atom is -0.382 e. The largest absolute Gasteiger partial charge is 0.382 e. The van der Waals surface area contributed by atoms with Crippen LogP contribution in [0.4, 0.5) is 0 Å². The molecule has 2 rings (SSSR count). The second-order valence-electron chi connectivity index (χ2n) is 8.34. The van der Waals surface area contributed by atoms with Crippen molar-refractivity contribution in [3.63, 3.8) is 0 Å². The van der Waals surface area contributed by atoms with Crippen LogP contribution < -0.4 is 0 Å². The first kappa shape index (κ1) is 27.1. The Hall–Kier alpha value is -2.18. The van der Waals surface area contributed by atoms with Crippen molar-refractivity contribution in [1.82, 2.24) is 9.80 Å². The maximum Gasteiger partial charge on any atom is 0.242 e. The van der Waals surface area contributed by atoms with Gasteiger partial charge in [-0.15, -0.1) is 11.3 Å². The standard InChI is InChI=1S/C27H40N2O3S/c1-3-5-6-7-11-17-26(30)28(18-13-19-32-4-2)23-27(31)29(22-25-16-12-20-33-25)21-24-14-9-8-10-15-24/h8-10,12,14-16,20H,3-7,11,13,17-19,21-23H2,1-2H3. The van der Waals surface area contributed by atoms with E-state index in [2.05, 4.69) is 13.0 Å². The van der Waals surface area contributed by atoms with E-state index in [1.807, 2.05) is 53.6 Å². The predicted molar refractivity (Wildman–Crippen MR) is 136 cm³/mol. The Morgan fingerprint density at radius 3 is 2.33 bits per heavy atom. The van der Waals surface area contributed by atoms with Gasteiger partial charge in [0.05, 0.1) is 13.1 Å². The average Bonchev–Trinajstić information content (AvgIpc) is 3.34. The lowest BCUT2D eigenvalue weighted by Crippen LogP contribution is -2.43. The number of carbonyl (C=O) groups excluding carboxylic acids is 2. The number of hydrogen-bond acceptors (Lipinski definition) is 4. The van der Waals surface area contributed by atoms with Gasteiger partial charge >= 0.3 is 0 Å². The molecule has 0 spiro atoms. The van der Waals surface area contributed by atoms with Gasteiger partial charge in [0.15, 0.2) is 0 Å². The lowest BCUT2D eigenvalue weighted by Gasteiger charge is -2.28. The number of benzene rings is 1. The van der Waals surface area contributed by atoms with Gasteiger partial charge in [-0.25, -0.2) is 0 Å². The van der Waals surface area contributed by atoms with Gasteiger partial charge in [-0.3, -0.25) is 9.59 Å². The summed E-state index contributed by atoms with van der Waals surface area (Å²) < 4.78 is 5.46. The summed E-state index contributed by atoms with van der Waals surface area (Å²) in [6, 6.07) is 14.1. The molecular weight excluding hydrogens is 432 g/mol. The van der Waals surface area contributed by atoms with Crippen molar-refractivity contribution in [2.24, 2.45) is 0 Å². The SMILES string of the molecule is CCCCCCCC(=O)N(CCCOCC)CC(=O)N(Cc1ccccc1)Cc1cccs1. The third-order valence-corrected chi connectivity index (χ3v) is 6.45. The number of rotatable bonds is 17. The van der Waals surface area contributed by atoms with Crippen LogP contribution in [0.3, 0.4) is 0 Å². The van der Waals surface area contributed by atoms with Crippen LogP contribution in [-0.4, -0.2) is 47.9 Å². The van der Waals surface area contributed by atoms with Crippen LogP contribution in [0.5, 0.6) is 0 Å². The molecule has 5 nitrogen and oxygen atoms in total. The Morgan fingerprint density at radius 1 is 0.848 bits per heavy atom. The molecule has 1 heterocycles. The highest BCUT2D eigenvalue weighted by Gasteiger charge is 2.22. The molecule has 0 aliphatic rings. The monoisotopic (exact) mass is 472 g/mol. The smallest absolute Gasteiger partial charge is 0.242 e. The molecular formula is C27H40N2O3S. The minimum atomic E-state index is -0.0111. The molecule has 0 saturated carbocycles. The van der Waals surface area contributed by atoms with Crippen LogP contribution in [-0.2, 0) is 27.4 Å². The fourth-order valence-corrected chi connectivity index (χ4v) is 4.44. The first-order valence-corrected chi connectivity index (χ1v) is 13.2. The van der Waals surface area contributed by atoms with Crippen LogP contribution in [0.15, 0.2) is 47.8 Å². The van der Waals surface area contributed by atoms with E-state index >= 15 is 0 Å². The van der Waals surface area contributed by atoms with Gasteiger partial charge in [-0.05, 0) is 36.8 Å². The number of thiophene rings is 1. The van der Waals surface area contributed by atoms with Crippen molar-refractivity contribution in [2.45, 2.75) is 71.9 Å². The number of hydrogen-bond donors (Lipinski definition) is 0. The van der Waals surface area contributed by atoms with Crippen LogP contribution in [0.1, 0.15) is 69.2 Å². The second kappa shape index (κ2) is 16.4. The van der Waals surface area contributed by atoms with Crippen molar-refractivity contribution in [2.75, 3.05) is 26.3 Å². The summed E-state index contributed by atoms with van der Waals surface area (Å²) in [5.74, 6) is 0.0649. The zero-order chi connectivity index (χ0) is 23.7. The maximum atomic E-state index is 13.4. The zero-order valence-corrected chi connectivity index (χ0v) is 21.2. The van der Waals surface area contributed by atoms with Crippen molar-refractivity contribution in [3.05, 3.63) is 58.3 Å². The highest BCUT2D eigenvalue weighted by molar-refractivity contribution is 7.09. The van der Waals surface area contributed by atoms with Crippen LogP contribution in [0.25, 0.3) is 0 Å². The highest BCUT2D eigenvalue weighted by atomic mass is 32.1. The first-order chi connectivity index (χ1) is 16.1. The van der Waals surface area contributed by atoms with Crippen molar-refractivity contribution < 1.29 is 14.3 Å². The topological polar surface area (TPSA) is 49.9 Å². The summed E-state index contributed by atoms with van der Waals surface area (Å²) in [7, 11) is 0.